The molecule has 0 aromatic heterocycles. The van der Waals surface area contributed by atoms with E-state index in [-0.39, 0.29) is 5.91 Å². The Morgan fingerprint density at radius 2 is 1.86 bits per heavy atom. The number of rotatable bonds is 2. The lowest BCUT2D eigenvalue weighted by atomic mass is 10.2. The standard InChI is InChI=1S/C15H13ClN2O3/c16-11-7-9(1-3-12(11)17)15(19)18-10-2-4-13-14(8-10)21-6-5-20-13/h1-4,7-8H,5-6,17H2,(H,18,19). The highest BCUT2D eigenvalue weighted by molar-refractivity contribution is 6.33. The minimum Gasteiger partial charge on any atom is -0.486 e. The molecule has 21 heavy (non-hydrogen) atoms. The Bertz CT molecular complexity index is 703. The fourth-order valence-electron chi connectivity index (χ4n) is 1.99. The number of amides is 1. The first-order valence-electron chi connectivity index (χ1n) is 6.39. The number of carbonyl (C=O) groups excluding carboxylic acids is 1. The average molecular weight is 305 g/mol. The predicted molar refractivity (Wildman–Crippen MR) is 81.2 cm³/mol. The summed E-state index contributed by atoms with van der Waals surface area (Å²) in [6.45, 7) is 1.03. The van der Waals surface area contributed by atoms with E-state index in [1.54, 1.807) is 30.3 Å². The number of nitrogens with one attached hydrogen (secondary N) is 1. The molecule has 3 N–H and O–H groups in total. The highest BCUT2D eigenvalue weighted by atomic mass is 35.5. The molecule has 0 aliphatic carbocycles. The summed E-state index contributed by atoms with van der Waals surface area (Å²) < 4.78 is 10.9. The first kappa shape index (κ1) is 13.6. The molecule has 1 heterocycles. The number of nitrogens with two attached hydrogens (primary N) is 1. The lowest BCUT2D eigenvalue weighted by Gasteiger charge is -2.19. The molecule has 0 fully saturated rings. The molecule has 1 aliphatic rings. The molecular formula is C15H13ClN2O3. The topological polar surface area (TPSA) is 73.6 Å². The van der Waals surface area contributed by atoms with Crippen LogP contribution in [-0.2, 0) is 0 Å². The fourth-order valence-corrected chi connectivity index (χ4v) is 2.17. The van der Waals surface area contributed by atoms with Crippen molar-refractivity contribution in [3.63, 3.8) is 0 Å². The van der Waals surface area contributed by atoms with Gasteiger partial charge in [0.05, 0.1) is 10.7 Å². The van der Waals surface area contributed by atoms with Crippen molar-refractivity contribution in [1.82, 2.24) is 0 Å². The number of benzene rings is 2. The second-order valence-electron chi connectivity index (χ2n) is 4.55. The van der Waals surface area contributed by atoms with Gasteiger partial charge in [-0.25, -0.2) is 0 Å². The molecule has 5 nitrogen and oxygen atoms in total. The Morgan fingerprint density at radius 3 is 2.62 bits per heavy atom. The molecule has 0 bridgehead atoms. The largest absolute Gasteiger partial charge is 0.486 e. The van der Waals surface area contributed by atoms with E-state index >= 15 is 0 Å². The third kappa shape index (κ3) is 2.87. The van der Waals surface area contributed by atoms with Gasteiger partial charge in [0.15, 0.2) is 11.5 Å². The smallest absolute Gasteiger partial charge is 0.255 e. The van der Waals surface area contributed by atoms with Crippen molar-refractivity contribution >= 4 is 28.9 Å². The van der Waals surface area contributed by atoms with E-state index in [0.717, 1.165) is 0 Å². The molecule has 3 rings (SSSR count). The summed E-state index contributed by atoms with van der Waals surface area (Å²) in [5.74, 6) is 1.03. The predicted octanol–water partition coefficient (Wildman–Crippen LogP) is 2.95. The van der Waals surface area contributed by atoms with E-state index in [2.05, 4.69) is 5.32 Å². The van der Waals surface area contributed by atoms with Gasteiger partial charge in [-0.1, -0.05) is 11.6 Å². The van der Waals surface area contributed by atoms with E-state index in [9.17, 15) is 4.79 Å². The van der Waals surface area contributed by atoms with Crippen LogP contribution in [0.2, 0.25) is 5.02 Å². The minimum absolute atomic E-state index is 0.270. The zero-order valence-corrected chi connectivity index (χ0v) is 11.8. The van der Waals surface area contributed by atoms with Crippen molar-refractivity contribution in [1.29, 1.82) is 0 Å². The molecule has 0 spiro atoms. The Labute approximate surface area is 126 Å². The summed E-state index contributed by atoms with van der Waals surface area (Å²) in [6.07, 6.45) is 0. The Kier molecular flexibility index (Phi) is 3.58. The van der Waals surface area contributed by atoms with Crippen molar-refractivity contribution in [3.05, 3.63) is 47.0 Å². The maximum absolute atomic E-state index is 12.2. The third-order valence-electron chi connectivity index (χ3n) is 3.06. The SMILES string of the molecule is Nc1ccc(C(=O)Nc2ccc3c(c2)OCCO3)cc1Cl. The fraction of sp³-hybridized carbons (Fsp3) is 0.133. The lowest BCUT2D eigenvalue weighted by Crippen LogP contribution is -2.16. The Hall–Kier alpha value is -2.40. The number of carbonyl (C=O) groups is 1. The van der Waals surface area contributed by atoms with Crippen LogP contribution in [0.5, 0.6) is 11.5 Å². The number of fused-ring (bicyclic) bond motifs is 1. The van der Waals surface area contributed by atoms with E-state index in [1.165, 1.54) is 6.07 Å². The highest BCUT2D eigenvalue weighted by Gasteiger charge is 2.13. The van der Waals surface area contributed by atoms with Gasteiger partial charge in [-0.2, -0.15) is 0 Å². The second kappa shape index (κ2) is 5.54. The summed E-state index contributed by atoms with van der Waals surface area (Å²) in [4.78, 5) is 12.2. The highest BCUT2D eigenvalue weighted by Crippen LogP contribution is 2.32. The van der Waals surface area contributed by atoms with Crippen LogP contribution in [0.15, 0.2) is 36.4 Å². The van der Waals surface area contributed by atoms with Gasteiger partial charge in [0.1, 0.15) is 13.2 Å². The summed E-state index contributed by atoms with van der Waals surface area (Å²) in [6, 6.07) is 10.00. The van der Waals surface area contributed by atoms with Crippen LogP contribution in [-0.4, -0.2) is 19.1 Å². The molecule has 2 aromatic rings. The van der Waals surface area contributed by atoms with Gasteiger partial charge in [0.25, 0.3) is 5.91 Å². The van der Waals surface area contributed by atoms with Crippen LogP contribution in [0.1, 0.15) is 10.4 Å². The molecule has 0 unspecified atom stereocenters. The van der Waals surface area contributed by atoms with Gasteiger partial charge in [-0.05, 0) is 30.3 Å². The van der Waals surface area contributed by atoms with Gasteiger partial charge < -0.3 is 20.5 Å². The van der Waals surface area contributed by atoms with Gasteiger partial charge in [-0.15, -0.1) is 0 Å². The summed E-state index contributed by atoms with van der Waals surface area (Å²) >= 11 is 5.91. The first-order valence-corrected chi connectivity index (χ1v) is 6.77. The van der Waals surface area contributed by atoms with E-state index in [1.807, 2.05) is 0 Å². The third-order valence-corrected chi connectivity index (χ3v) is 3.39. The first-order chi connectivity index (χ1) is 10.1. The monoisotopic (exact) mass is 304 g/mol. The molecule has 1 aliphatic heterocycles. The van der Waals surface area contributed by atoms with Crippen LogP contribution in [0.3, 0.4) is 0 Å². The Morgan fingerprint density at radius 1 is 1.10 bits per heavy atom. The molecule has 0 saturated carbocycles. The average Bonchev–Trinajstić information content (AvgIpc) is 2.50. The normalized spacial score (nSPS) is 12.8. The van der Waals surface area contributed by atoms with Crippen molar-refractivity contribution in [2.45, 2.75) is 0 Å². The maximum atomic E-state index is 12.2. The molecule has 108 valence electrons. The van der Waals surface area contributed by atoms with E-state index < -0.39 is 0 Å². The number of ether oxygens (including phenoxy) is 2. The number of hydrogen-bond donors (Lipinski definition) is 2. The number of hydrogen-bond acceptors (Lipinski definition) is 4. The van der Waals surface area contributed by atoms with Crippen LogP contribution in [0.25, 0.3) is 0 Å². The van der Waals surface area contributed by atoms with Gasteiger partial charge in [0.2, 0.25) is 0 Å². The number of halogens is 1. The molecule has 0 radical (unpaired) electrons. The zero-order valence-electron chi connectivity index (χ0n) is 11.1. The van der Waals surface area contributed by atoms with Crippen molar-refractivity contribution < 1.29 is 14.3 Å². The molecule has 1 amide bonds. The van der Waals surface area contributed by atoms with E-state index in [4.69, 9.17) is 26.8 Å². The summed E-state index contributed by atoms with van der Waals surface area (Å²) in [5, 5.41) is 3.13. The van der Waals surface area contributed by atoms with Gasteiger partial charge in [0, 0.05) is 17.3 Å². The Balaban J connectivity index is 1.79. The van der Waals surface area contributed by atoms with Crippen molar-refractivity contribution in [2.75, 3.05) is 24.3 Å². The molecular weight excluding hydrogens is 292 g/mol. The van der Waals surface area contributed by atoms with Crippen molar-refractivity contribution in [3.8, 4) is 11.5 Å². The number of nitrogen functional groups attached to an aromatic ring is 1. The van der Waals surface area contributed by atoms with Crippen LogP contribution < -0.4 is 20.5 Å². The summed E-state index contributed by atoms with van der Waals surface area (Å²) in [5.41, 5.74) is 7.12. The van der Waals surface area contributed by atoms with Crippen LogP contribution in [0, 0.1) is 0 Å². The quantitative estimate of drug-likeness (QED) is 0.837. The van der Waals surface area contributed by atoms with Crippen LogP contribution >= 0.6 is 11.6 Å². The van der Waals surface area contributed by atoms with Crippen molar-refractivity contribution in [2.24, 2.45) is 0 Å². The second-order valence-corrected chi connectivity index (χ2v) is 4.96. The van der Waals surface area contributed by atoms with Crippen LogP contribution in [0.4, 0.5) is 11.4 Å². The lowest BCUT2D eigenvalue weighted by molar-refractivity contribution is 0.102. The van der Waals surface area contributed by atoms with Gasteiger partial charge >= 0.3 is 0 Å². The molecule has 0 saturated heterocycles. The summed E-state index contributed by atoms with van der Waals surface area (Å²) in [7, 11) is 0. The number of anilines is 2. The molecule has 2 aromatic carbocycles. The molecule has 6 heteroatoms. The maximum Gasteiger partial charge on any atom is 0.255 e. The van der Waals surface area contributed by atoms with Gasteiger partial charge in [-0.3, -0.25) is 4.79 Å². The van der Waals surface area contributed by atoms with E-state index in [0.29, 0.717) is 46.7 Å². The minimum atomic E-state index is -0.270. The molecule has 0 atom stereocenters. The zero-order chi connectivity index (χ0) is 14.8.